The van der Waals surface area contributed by atoms with E-state index in [0.29, 0.717) is 5.41 Å². The molecule has 0 aliphatic rings. The molecule has 0 aliphatic carbocycles. The molecule has 0 aromatic rings. The van der Waals surface area contributed by atoms with Crippen molar-refractivity contribution in [3.63, 3.8) is 0 Å². The summed E-state index contributed by atoms with van der Waals surface area (Å²) in [5.74, 6) is 1.53. The highest BCUT2D eigenvalue weighted by Gasteiger charge is 2.26. The molecule has 0 saturated carbocycles. The normalized spacial score (nSPS) is 15.2. The first-order valence-corrected chi connectivity index (χ1v) is 4.73. The van der Waals surface area contributed by atoms with E-state index in [1.165, 1.54) is 6.32 Å². The molecule has 0 nitrogen and oxygen atoms in total. The molecular weight excluding hydrogens is 131 g/mol. The van der Waals surface area contributed by atoms with Crippen molar-refractivity contribution < 1.29 is 0 Å². The van der Waals surface area contributed by atoms with Gasteiger partial charge in [-0.3, -0.25) is 0 Å². The van der Waals surface area contributed by atoms with Gasteiger partial charge >= 0.3 is 0 Å². The van der Waals surface area contributed by atoms with Gasteiger partial charge in [0.05, 0.1) is 0 Å². The van der Waals surface area contributed by atoms with Gasteiger partial charge < -0.3 is 0 Å². The van der Waals surface area contributed by atoms with Crippen LogP contribution in [0.1, 0.15) is 41.5 Å². The summed E-state index contributed by atoms with van der Waals surface area (Å²) in [4.78, 5) is 0. The Balaban J connectivity index is 4.10. The van der Waals surface area contributed by atoms with Crippen molar-refractivity contribution in [1.82, 2.24) is 0 Å². The fraction of sp³-hybridized carbons (Fsp3) is 1.00. The summed E-state index contributed by atoms with van der Waals surface area (Å²) in [5.41, 5.74) is 0.435. The van der Waals surface area contributed by atoms with E-state index in [-0.39, 0.29) is 0 Å². The fourth-order valence-corrected chi connectivity index (χ4v) is 1.88. The van der Waals surface area contributed by atoms with E-state index in [0.717, 1.165) is 11.7 Å². The van der Waals surface area contributed by atoms with Gasteiger partial charge in [-0.1, -0.05) is 59.6 Å². The Labute approximate surface area is 73.0 Å². The maximum atomic E-state index is 2.45. The summed E-state index contributed by atoms with van der Waals surface area (Å²) in [7, 11) is 2.45. The Bertz CT molecular complexity index is 99.9. The molecule has 65 valence electrons. The highest BCUT2D eigenvalue weighted by atomic mass is 14.2. The molecule has 1 radical (unpaired) electrons. The fourth-order valence-electron chi connectivity index (χ4n) is 1.88. The van der Waals surface area contributed by atoms with Crippen LogP contribution in [0.25, 0.3) is 0 Å². The zero-order chi connectivity index (χ0) is 9.07. The van der Waals surface area contributed by atoms with Crippen LogP contribution in [0.2, 0.25) is 12.1 Å². The first-order chi connectivity index (χ1) is 4.89. The van der Waals surface area contributed by atoms with E-state index in [9.17, 15) is 0 Å². The Morgan fingerprint density at radius 3 is 1.73 bits per heavy atom. The van der Waals surface area contributed by atoms with Crippen LogP contribution in [0, 0.1) is 11.3 Å². The predicted molar refractivity (Wildman–Crippen MR) is 54.3 cm³/mol. The molecule has 0 amide bonds. The Hall–Kier alpha value is 0.0649. The van der Waals surface area contributed by atoms with Gasteiger partial charge in [0.1, 0.15) is 7.28 Å². The van der Waals surface area contributed by atoms with Gasteiger partial charge in [-0.25, -0.2) is 0 Å². The first kappa shape index (κ1) is 11.1. The Kier molecular flexibility index (Phi) is 4.21. The van der Waals surface area contributed by atoms with Crippen molar-refractivity contribution in [3.8, 4) is 0 Å². The van der Waals surface area contributed by atoms with Crippen LogP contribution in [-0.2, 0) is 0 Å². The SMILES string of the molecule is CC[B]C(C(C)C)C(C)(C)C. The van der Waals surface area contributed by atoms with Gasteiger partial charge in [-0.05, 0) is 5.41 Å². The molecule has 1 atom stereocenters. The highest BCUT2D eigenvalue weighted by Crippen LogP contribution is 2.37. The number of rotatable bonds is 3. The van der Waals surface area contributed by atoms with E-state index >= 15 is 0 Å². The lowest BCUT2D eigenvalue weighted by molar-refractivity contribution is 0.318. The lowest BCUT2D eigenvalue weighted by Gasteiger charge is -2.33. The van der Waals surface area contributed by atoms with Gasteiger partial charge in [0.25, 0.3) is 0 Å². The number of hydrogen-bond donors (Lipinski definition) is 0. The molecule has 11 heavy (non-hydrogen) atoms. The van der Waals surface area contributed by atoms with Crippen molar-refractivity contribution in [2.24, 2.45) is 11.3 Å². The van der Waals surface area contributed by atoms with Crippen molar-refractivity contribution in [3.05, 3.63) is 0 Å². The largest absolute Gasteiger partial charge is 0.114 e. The third-order valence-electron chi connectivity index (χ3n) is 2.21. The monoisotopic (exact) mass is 153 g/mol. The topological polar surface area (TPSA) is 0 Å². The summed E-state index contributed by atoms with van der Waals surface area (Å²) in [6.45, 7) is 13.8. The van der Waals surface area contributed by atoms with Gasteiger partial charge in [0, 0.05) is 0 Å². The van der Waals surface area contributed by atoms with Crippen LogP contribution in [0.5, 0.6) is 0 Å². The third kappa shape index (κ3) is 3.84. The Morgan fingerprint density at radius 2 is 1.64 bits per heavy atom. The molecule has 0 aromatic heterocycles. The van der Waals surface area contributed by atoms with Crippen molar-refractivity contribution >= 4 is 7.28 Å². The molecule has 0 spiro atoms. The van der Waals surface area contributed by atoms with E-state index in [2.05, 4.69) is 48.8 Å². The lowest BCUT2D eigenvalue weighted by atomic mass is 9.50. The minimum Gasteiger partial charge on any atom is -0.0827 e. The van der Waals surface area contributed by atoms with E-state index in [4.69, 9.17) is 0 Å². The quantitative estimate of drug-likeness (QED) is 0.543. The smallest absolute Gasteiger partial charge is 0.0827 e. The van der Waals surface area contributed by atoms with E-state index in [1.54, 1.807) is 0 Å². The predicted octanol–water partition coefficient (Wildman–Crippen LogP) is 3.62. The van der Waals surface area contributed by atoms with E-state index in [1.807, 2.05) is 0 Å². The summed E-state index contributed by atoms with van der Waals surface area (Å²) in [5, 5.41) is 0. The van der Waals surface area contributed by atoms with Crippen LogP contribution >= 0.6 is 0 Å². The van der Waals surface area contributed by atoms with Gasteiger partial charge in [-0.15, -0.1) is 0 Å². The van der Waals surface area contributed by atoms with Crippen molar-refractivity contribution in [1.29, 1.82) is 0 Å². The molecule has 0 heterocycles. The average molecular weight is 153 g/mol. The summed E-state index contributed by atoms with van der Waals surface area (Å²) in [6, 6.07) is 0. The molecular formula is C10H22B. The van der Waals surface area contributed by atoms with Crippen LogP contribution in [-0.4, -0.2) is 7.28 Å². The average Bonchev–Trinajstić information content (AvgIpc) is 1.79. The highest BCUT2D eigenvalue weighted by molar-refractivity contribution is 6.37. The molecule has 0 bridgehead atoms. The zero-order valence-electron chi connectivity index (χ0n) is 8.94. The second-order valence-electron chi connectivity index (χ2n) is 4.78. The maximum Gasteiger partial charge on any atom is 0.114 e. The molecule has 1 unspecified atom stereocenters. The number of hydrogen-bond acceptors (Lipinski definition) is 0. The van der Waals surface area contributed by atoms with Gasteiger partial charge in [-0.2, -0.15) is 0 Å². The van der Waals surface area contributed by atoms with Crippen LogP contribution in [0.15, 0.2) is 0 Å². The molecule has 0 N–H and O–H groups in total. The van der Waals surface area contributed by atoms with Crippen molar-refractivity contribution in [2.45, 2.75) is 53.7 Å². The second-order valence-corrected chi connectivity index (χ2v) is 4.78. The molecule has 0 aromatic carbocycles. The minimum atomic E-state index is 0.435. The van der Waals surface area contributed by atoms with Crippen LogP contribution in [0.4, 0.5) is 0 Å². The van der Waals surface area contributed by atoms with Gasteiger partial charge in [0.15, 0.2) is 0 Å². The Morgan fingerprint density at radius 1 is 1.18 bits per heavy atom. The molecule has 0 aliphatic heterocycles. The minimum absolute atomic E-state index is 0.435. The third-order valence-corrected chi connectivity index (χ3v) is 2.21. The summed E-state index contributed by atoms with van der Waals surface area (Å²) in [6.07, 6.45) is 1.19. The zero-order valence-corrected chi connectivity index (χ0v) is 8.94. The standard InChI is InChI=1S/C10H22B/c1-7-11-9(8(2)3)10(4,5)6/h8-9H,7H2,1-6H3. The summed E-state index contributed by atoms with van der Waals surface area (Å²) >= 11 is 0. The van der Waals surface area contributed by atoms with Gasteiger partial charge in [0.2, 0.25) is 0 Å². The second kappa shape index (κ2) is 4.18. The van der Waals surface area contributed by atoms with E-state index < -0.39 is 0 Å². The molecule has 0 fully saturated rings. The lowest BCUT2D eigenvalue weighted by Crippen LogP contribution is -2.24. The molecule has 1 heteroatoms. The first-order valence-electron chi connectivity index (χ1n) is 4.73. The maximum absolute atomic E-state index is 2.45. The van der Waals surface area contributed by atoms with Crippen molar-refractivity contribution in [2.75, 3.05) is 0 Å². The van der Waals surface area contributed by atoms with Crippen LogP contribution < -0.4 is 0 Å². The van der Waals surface area contributed by atoms with Crippen LogP contribution in [0.3, 0.4) is 0 Å². The summed E-state index contributed by atoms with van der Waals surface area (Å²) < 4.78 is 0. The molecule has 0 rings (SSSR count). The molecule has 0 saturated heterocycles.